The monoisotopic (exact) mass is 332 g/mol. The van der Waals surface area contributed by atoms with Gasteiger partial charge in [0.25, 0.3) is 0 Å². The molecule has 0 amide bonds. The van der Waals surface area contributed by atoms with Gasteiger partial charge < -0.3 is 9.47 Å². The third kappa shape index (κ3) is 2.25. The molecular weight excluding hydrogens is 308 g/mol. The summed E-state index contributed by atoms with van der Waals surface area (Å²) in [4.78, 5) is 37.1. The molecule has 2 fully saturated rings. The molecule has 1 saturated heterocycles. The molecule has 0 spiro atoms. The van der Waals surface area contributed by atoms with Crippen molar-refractivity contribution in [3.05, 3.63) is 24.3 Å². The van der Waals surface area contributed by atoms with Crippen molar-refractivity contribution in [3.8, 4) is 0 Å². The van der Waals surface area contributed by atoms with E-state index in [1.54, 1.807) is 19.9 Å². The maximum Gasteiger partial charge on any atom is 0.334 e. The number of hydrogen-bond acceptors (Lipinski definition) is 5. The fourth-order valence-electron chi connectivity index (χ4n) is 4.41. The van der Waals surface area contributed by atoms with Crippen LogP contribution in [0.1, 0.15) is 34.1 Å². The number of carbonyl (C=O) groups excluding carboxylic acids is 3. The SMILES string of the molecule is C=C1C(=O)O[C@@H]2C[C@@H](C)[C@@H]3C=CC(=O)C3(C)[C@@H](OC(=O)C(C)C)[C@@H]12. The Morgan fingerprint density at radius 2 is 2.08 bits per heavy atom. The summed E-state index contributed by atoms with van der Waals surface area (Å²) in [6.45, 7) is 11.2. The highest BCUT2D eigenvalue weighted by Gasteiger charge is 2.62. The molecule has 1 aliphatic heterocycles. The van der Waals surface area contributed by atoms with Gasteiger partial charge in [-0.25, -0.2) is 4.79 Å². The van der Waals surface area contributed by atoms with Gasteiger partial charge in [0, 0.05) is 5.57 Å². The Balaban J connectivity index is 2.09. The lowest BCUT2D eigenvalue weighted by Gasteiger charge is -2.39. The van der Waals surface area contributed by atoms with Gasteiger partial charge in [-0.1, -0.05) is 33.4 Å². The predicted molar refractivity (Wildman–Crippen MR) is 86.8 cm³/mol. The van der Waals surface area contributed by atoms with Crippen LogP contribution in [0.5, 0.6) is 0 Å². The Bertz CT molecular complexity index is 646. The molecule has 3 aliphatic rings. The van der Waals surface area contributed by atoms with Crippen LogP contribution >= 0.6 is 0 Å². The van der Waals surface area contributed by atoms with E-state index in [0.717, 1.165) is 0 Å². The molecule has 5 nitrogen and oxygen atoms in total. The van der Waals surface area contributed by atoms with Crippen molar-refractivity contribution in [2.75, 3.05) is 0 Å². The van der Waals surface area contributed by atoms with Crippen LogP contribution in [0.2, 0.25) is 0 Å². The zero-order valence-electron chi connectivity index (χ0n) is 14.6. The van der Waals surface area contributed by atoms with Crippen LogP contribution in [0.4, 0.5) is 0 Å². The molecule has 0 radical (unpaired) electrons. The molecular formula is C19H24O5. The number of ether oxygens (including phenoxy) is 2. The molecule has 0 bridgehead atoms. The fourth-order valence-corrected chi connectivity index (χ4v) is 4.41. The van der Waals surface area contributed by atoms with Gasteiger partial charge in [-0.05, 0) is 31.3 Å². The number of carbonyl (C=O) groups is 3. The van der Waals surface area contributed by atoms with Gasteiger partial charge in [-0.2, -0.15) is 0 Å². The van der Waals surface area contributed by atoms with E-state index in [1.165, 1.54) is 0 Å². The molecule has 2 aliphatic carbocycles. The lowest BCUT2D eigenvalue weighted by Crippen LogP contribution is -2.49. The van der Waals surface area contributed by atoms with Crippen molar-refractivity contribution in [3.63, 3.8) is 0 Å². The summed E-state index contributed by atoms with van der Waals surface area (Å²) in [5.74, 6) is -1.60. The van der Waals surface area contributed by atoms with Crippen LogP contribution in [0.25, 0.3) is 0 Å². The minimum Gasteiger partial charge on any atom is -0.460 e. The number of hydrogen-bond donors (Lipinski definition) is 0. The van der Waals surface area contributed by atoms with Crippen molar-refractivity contribution >= 4 is 17.7 Å². The second-order valence-corrected chi connectivity index (χ2v) is 7.75. The summed E-state index contributed by atoms with van der Waals surface area (Å²) < 4.78 is 11.3. The van der Waals surface area contributed by atoms with Crippen LogP contribution < -0.4 is 0 Å². The van der Waals surface area contributed by atoms with Crippen molar-refractivity contribution < 1.29 is 23.9 Å². The molecule has 0 aromatic carbocycles. The summed E-state index contributed by atoms with van der Waals surface area (Å²) in [5, 5.41) is 0. The Labute approximate surface area is 142 Å². The summed E-state index contributed by atoms with van der Waals surface area (Å²) in [7, 11) is 0. The van der Waals surface area contributed by atoms with Gasteiger partial charge in [-0.15, -0.1) is 0 Å². The lowest BCUT2D eigenvalue weighted by atomic mass is 9.67. The smallest absolute Gasteiger partial charge is 0.334 e. The molecule has 0 aromatic rings. The summed E-state index contributed by atoms with van der Waals surface area (Å²) in [5.41, 5.74) is -0.587. The van der Waals surface area contributed by atoms with E-state index < -0.39 is 29.5 Å². The molecule has 3 rings (SSSR count). The maximum absolute atomic E-state index is 12.7. The first-order valence-electron chi connectivity index (χ1n) is 8.50. The highest BCUT2D eigenvalue weighted by atomic mass is 16.6. The molecule has 6 atom stereocenters. The standard InChI is InChI=1S/C19H24O5/c1-9(2)17(21)24-16-15-11(4)18(22)23-13(15)8-10(3)12-6-7-14(20)19(12,16)5/h6-7,9-10,12-13,15-16H,4,8H2,1-3,5H3/t10-,12+,13-,15+,16+,19?/m1/s1. The van der Waals surface area contributed by atoms with Gasteiger partial charge in [0.05, 0.1) is 17.3 Å². The van der Waals surface area contributed by atoms with Gasteiger partial charge in [0.1, 0.15) is 12.2 Å². The molecule has 0 aromatic heterocycles. The number of fused-ring (bicyclic) bond motifs is 2. The van der Waals surface area contributed by atoms with Crippen molar-refractivity contribution in [2.24, 2.45) is 29.1 Å². The van der Waals surface area contributed by atoms with Gasteiger partial charge in [0.15, 0.2) is 5.78 Å². The van der Waals surface area contributed by atoms with Crippen molar-refractivity contribution in [2.45, 2.75) is 46.3 Å². The highest BCUT2D eigenvalue weighted by Crippen LogP contribution is 2.54. The van der Waals surface area contributed by atoms with Crippen LogP contribution in [0, 0.1) is 29.1 Å². The second-order valence-electron chi connectivity index (χ2n) is 7.75. The minimum absolute atomic E-state index is 0.0490. The summed E-state index contributed by atoms with van der Waals surface area (Å²) in [6.07, 6.45) is 2.98. The highest BCUT2D eigenvalue weighted by molar-refractivity contribution is 5.99. The summed E-state index contributed by atoms with van der Waals surface area (Å²) >= 11 is 0. The first-order chi connectivity index (χ1) is 11.2. The number of esters is 2. The van der Waals surface area contributed by atoms with E-state index in [0.29, 0.717) is 12.0 Å². The van der Waals surface area contributed by atoms with Gasteiger partial charge >= 0.3 is 11.9 Å². The number of ketones is 1. The molecule has 130 valence electrons. The quantitative estimate of drug-likeness (QED) is 0.574. The largest absolute Gasteiger partial charge is 0.460 e. The zero-order chi connectivity index (χ0) is 17.8. The van der Waals surface area contributed by atoms with E-state index in [9.17, 15) is 14.4 Å². The van der Waals surface area contributed by atoms with Crippen LogP contribution in [0.15, 0.2) is 24.3 Å². The van der Waals surface area contributed by atoms with Crippen LogP contribution in [-0.4, -0.2) is 29.9 Å². The van der Waals surface area contributed by atoms with E-state index >= 15 is 0 Å². The Morgan fingerprint density at radius 1 is 1.42 bits per heavy atom. The third-order valence-electron chi connectivity index (χ3n) is 5.85. The molecule has 1 unspecified atom stereocenters. The average Bonchev–Trinajstić information content (AvgIpc) is 2.92. The van der Waals surface area contributed by atoms with E-state index in [1.807, 2.05) is 19.9 Å². The zero-order valence-corrected chi connectivity index (χ0v) is 14.6. The molecule has 5 heteroatoms. The Kier molecular flexibility index (Phi) is 3.93. The molecule has 1 heterocycles. The van der Waals surface area contributed by atoms with Gasteiger partial charge in [-0.3, -0.25) is 9.59 Å². The lowest BCUT2D eigenvalue weighted by molar-refractivity contribution is -0.168. The fraction of sp³-hybridized carbons (Fsp3) is 0.632. The van der Waals surface area contributed by atoms with Crippen molar-refractivity contribution in [1.29, 1.82) is 0 Å². The third-order valence-corrected chi connectivity index (χ3v) is 5.85. The van der Waals surface area contributed by atoms with E-state index in [4.69, 9.17) is 9.47 Å². The second kappa shape index (κ2) is 5.57. The maximum atomic E-state index is 12.7. The van der Waals surface area contributed by atoms with Gasteiger partial charge in [0.2, 0.25) is 0 Å². The first-order valence-corrected chi connectivity index (χ1v) is 8.50. The minimum atomic E-state index is -0.889. The Hall–Kier alpha value is -1.91. The van der Waals surface area contributed by atoms with Crippen LogP contribution in [0.3, 0.4) is 0 Å². The number of allylic oxidation sites excluding steroid dienone is 2. The van der Waals surface area contributed by atoms with Crippen LogP contribution in [-0.2, 0) is 23.9 Å². The molecule has 0 N–H and O–H groups in total. The molecule has 1 saturated carbocycles. The van der Waals surface area contributed by atoms with E-state index in [-0.39, 0.29) is 29.5 Å². The normalized spacial score (nSPS) is 41.0. The van der Waals surface area contributed by atoms with E-state index in [2.05, 4.69) is 6.58 Å². The Morgan fingerprint density at radius 3 is 2.71 bits per heavy atom. The topological polar surface area (TPSA) is 69.7 Å². The van der Waals surface area contributed by atoms with Crippen molar-refractivity contribution in [1.82, 2.24) is 0 Å². The average molecular weight is 332 g/mol. The summed E-state index contributed by atoms with van der Waals surface area (Å²) in [6, 6.07) is 0. The first kappa shape index (κ1) is 16.9. The molecule has 24 heavy (non-hydrogen) atoms. The number of rotatable bonds is 2. The predicted octanol–water partition coefficient (Wildman–Crippen LogP) is 2.45.